The lowest BCUT2D eigenvalue weighted by Crippen LogP contribution is -2.14. The number of aromatic nitrogens is 1. The zero-order valence-electron chi connectivity index (χ0n) is 15.9. The summed E-state index contributed by atoms with van der Waals surface area (Å²) in [7, 11) is 1.60. The van der Waals surface area contributed by atoms with Crippen LogP contribution in [0.25, 0.3) is 10.9 Å². The Bertz CT molecular complexity index is 1210. The number of thiophene rings is 1. The summed E-state index contributed by atoms with van der Waals surface area (Å²) in [5.74, 6) is 0.548. The highest BCUT2D eigenvalue weighted by atomic mass is 35.5. The molecule has 0 saturated carbocycles. The molecule has 2 aromatic carbocycles. The summed E-state index contributed by atoms with van der Waals surface area (Å²) < 4.78 is 7.03. The lowest BCUT2D eigenvalue weighted by molar-refractivity contribution is 0.0958. The summed E-state index contributed by atoms with van der Waals surface area (Å²) in [5.41, 5.74) is 2.86. The van der Waals surface area contributed by atoms with Crippen molar-refractivity contribution in [2.75, 3.05) is 7.11 Å². The quantitative estimate of drug-likeness (QED) is 0.382. The normalized spacial score (nSPS) is 11.0. The molecule has 0 unspecified atom stereocenters. The molecule has 0 fully saturated rings. The molecule has 0 bridgehead atoms. The van der Waals surface area contributed by atoms with E-state index in [2.05, 4.69) is 0 Å². The summed E-state index contributed by atoms with van der Waals surface area (Å²) in [6, 6.07) is 16.0. The highest BCUT2D eigenvalue weighted by Gasteiger charge is 2.22. The summed E-state index contributed by atoms with van der Waals surface area (Å²) in [6.45, 7) is 1.87. The second-order valence-electron chi connectivity index (χ2n) is 6.67. The van der Waals surface area contributed by atoms with E-state index in [-0.39, 0.29) is 18.1 Å². The van der Waals surface area contributed by atoms with Gasteiger partial charge in [0.15, 0.2) is 5.78 Å². The van der Waals surface area contributed by atoms with Gasteiger partial charge in [-0.15, -0.1) is 11.3 Å². The molecule has 0 aliphatic carbocycles. The third-order valence-corrected chi connectivity index (χ3v) is 6.13. The van der Waals surface area contributed by atoms with E-state index in [1.54, 1.807) is 35.9 Å². The van der Waals surface area contributed by atoms with E-state index in [4.69, 9.17) is 16.3 Å². The monoisotopic (exact) mass is 423 g/mol. The summed E-state index contributed by atoms with van der Waals surface area (Å²) in [6.07, 6.45) is 0.219. The van der Waals surface area contributed by atoms with E-state index in [1.807, 2.05) is 42.6 Å². The van der Waals surface area contributed by atoms with Gasteiger partial charge in [0.25, 0.3) is 5.91 Å². The van der Waals surface area contributed by atoms with Gasteiger partial charge in [-0.1, -0.05) is 17.7 Å². The molecule has 2 aromatic heterocycles. The Kier molecular flexibility index (Phi) is 5.26. The third-order valence-electron chi connectivity index (χ3n) is 4.97. The van der Waals surface area contributed by atoms with Gasteiger partial charge in [-0.3, -0.25) is 14.2 Å². The van der Waals surface area contributed by atoms with Gasteiger partial charge < -0.3 is 4.74 Å². The highest BCUT2D eigenvalue weighted by molar-refractivity contribution is 7.12. The number of hydrogen-bond donors (Lipinski definition) is 0. The fourth-order valence-corrected chi connectivity index (χ4v) is 4.27. The lowest BCUT2D eigenvalue weighted by Gasteiger charge is -2.08. The SMILES string of the molecule is COc1ccc2c(c1)c(CC(=O)c1cccs1)c(C)n2C(=O)c1ccc(Cl)cc1. The third kappa shape index (κ3) is 3.59. The first kappa shape index (κ1) is 19.4. The van der Waals surface area contributed by atoms with Crippen LogP contribution in [0.5, 0.6) is 5.75 Å². The van der Waals surface area contributed by atoms with E-state index in [0.29, 0.717) is 21.2 Å². The second-order valence-corrected chi connectivity index (χ2v) is 8.06. The molecule has 0 atom stereocenters. The van der Waals surface area contributed by atoms with Gasteiger partial charge in [-0.25, -0.2) is 0 Å². The number of halogens is 1. The molecule has 0 N–H and O–H groups in total. The van der Waals surface area contributed by atoms with Crippen LogP contribution in [0.4, 0.5) is 0 Å². The molecular formula is C23H18ClNO3S. The van der Waals surface area contributed by atoms with Gasteiger partial charge in [0.1, 0.15) is 5.75 Å². The topological polar surface area (TPSA) is 48.3 Å². The van der Waals surface area contributed by atoms with Crippen LogP contribution in [0, 0.1) is 6.92 Å². The number of rotatable bonds is 5. The van der Waals surface area contributed by atoms with Crippen molar-refractivity contribution in [3.8, 4) is 5.75 Å². The Labute approximate surface area is 177 Å². The number of nitrogens with zero attached hydrogens (tertiary/aromatic N) is 1. The first-order chi connectivity index (χ1) is 14.0. The van der Waals surface area contributed by atoms with Gasteiger partial charge in [0.05, 0.1) is 17.5 Å². The van der Waals surface area contributed by atoms with Gasteiger partial charge in [0.2, 0.25) is 0 Å². The Morgan fingerprint density at radius 2 is 1.86 bits per heavy atom. The summed E-state index contributed by atoms with van der Waals surface area (Å²) >= 11 is 7.38. The van der Waals surface area contributed by atoms with E-state index in [9.17, 15) is 9.59 Å². The molecule has 29 heavy (non-hydrogen) atoms. The number of hydrogen-bond acceptors (Lipinski definition) is 4. The minimum absolute atomic E-state index is 0.0314. The van der Waals surface area contributed by atoms with Crippen molar-refractivity contribution in [2.24, 2.45) is 0 Å². The molecule has 0 saturated heterocycles. The van der Waals surface area contributed by atoms with Crippen molar-refractivity contribution >= 4 is 45.5 Å². The van der Waals surface area contributed by atoms with Crippen molar-refractivity contribution in [1.82, 2.24) is 4.57 Å². The van der Waals surface area contributed by atoms with Crippen molar-refractivity contribution in [1.29, 1.82) is 0 Å². The van der Waals surface area contributed by atoms with E-state index in [0.717, 1.165) is 22.2 Å². The van der Waals surface area contributed by atoms with Crippen LogP contribution in [-0.2, 0) is 6.42 Å². The van der Waals surface area contributed by atoms with Crippen LogP contribution in [0.2, 0.25) is 5.02 Å². The van der Waals surface area contributed by atoms with Crippen molar-refractivity contribution in [3.05, 3.63) is 86.7 Å². The van der Waals surface area contributed by atoms with Crippen molar-refractivity contribution in [2.45, 2.75) is 13.3 Å². The van der Waals surface area contributed by atoms with Gasteiger partial charge in [-0.2, -0.15) is 0 Å². The Hall–Kier alpha value is -2.89. The van der Waals surface area contributed by atoms with Gasteiger partial charge >= 0.3 is 0 Å². The zero-order chi connectivity index (χ0) is 20.5. The largest absolute Gasteiger partial charge is 0.497 e. The molecular weight excluding hydrogens is 406 g/mol. The molecule has 4 aromatic rings. The maximum absolute atomic E-state index is 13.3. The molecule has 4 nitrogen and oxygen atoms in total. The second kappa shape index (κ2) is 7.85. The zero-order valence-corrected chi connectivity index (χ0v) is 17.5. The van der Waals surface area contributed by atoms with Gasteiger partial charge in [-0.05, 0) is 66.4 Å². The predicted octanol–water partition coefficient (Wildman–Crippen LogP) is 5.79. The standard InChI is InChI=1S/C23H18ClNO3S/c1-14-18(13-21(26)22-4-3-11-29-22)19-12-17(28-2)9-10-20(19)25(14)23(27)15-5-7-16(24)8-6-15/h3-12H,13H2,1-2H3. The van der Waals surface area contributed by atoms with Crippen LogP contribution in [0.15, 0.2) is 60.0 Å². The Balaban J connectivity index is 1.86. The minimum atomic E-state index is -0.163. The highest BCUT2D eigenvalue weighted by Crippen LogP contribution is 2.31. The molecule has 0 aliphatic rings. The Morgan fingerprint density at radius 1 is 1.10 bits per heavy atom. The van der Waals surface area contributed by atoms with Crippen LogP contribution in [0.1, 0.15) is 31.3 Å². The number of Topliss-reactive ketones (excluding diaryl/α,β-unsaturated/α-hetero) is 1. The Morgan fingerprint density at radius 3 is 2.52 bits per heavy atom. The molecule has 4 rings (SSSR count). The van der Waals surface area contributed by atoms with E-state index < -0.39 is 0 Å². The predicted molar refractivity (Wildman–Crippen MR) is 117 cm³/mol. The molecule has 0 radical (unpaired) electrons. The minimum Gasteiger partial charge on any atom is -0.497 e. The average Bonchev–Trinajstić information content (AvgIpc) is 3.35. The van der Waals surface area contributed by atoms with Crippen LogP contribution < -0.4 is 4.74 Å². The fourth-order valence-electron chi connectivity index (χ4n) is 3.48. The number of ether oxygens (including phenoxy) is 1. The number of methoxy groups -OCH3 is 1. The maximum atomic E-state index is 13.3. The molecule has 6 heteroatoms. The first-order valence-corrected chi connectivity index (χ1v) is 10.3. The maximum Gasteiger partial charge on any atom is 0.262 e. The van der Waals surface area contributed by atoms with Crippen LogP contribution in [0.3, 0.4) is 0 Å². The number of carbonyl (C=O) groups is 2. The average molecular weight is 424 g/mol. The number of fused-ring (bicyclic) bond motifs is 1. The first-order valence-electron chi connectivity index (χ1n) is 9.04. The van der Waals surface area contributed by atoms with E-state index in [1.165, 1.54) is 11.3 Å². The number of carbonyl (C=O) groups excluding carboxylic acids is 2. The fraction of sp³-hybridized carbons (Fsp3) is 0.130. The summed E-state index contributed by atoms with van der Waals surface area (Å²) in [4.78, 5) is 26.8. The smallest absolute Gasteiger partial charge is 0.262 e. The number of ketones is 1. The molecule has 0 amide bonds. The molecule has 0 aliphatic heterocycles. The number of benzene rings is 2. The van der Waals surface area contributed by atoms with Crippen LogP contribution >= 0.6 is 22.9 Å². The van der Waals surface area contributed by atoms with Crippen LogP contribution in [-0.4, -0.2) is 23.4 Å². The summed E-state index contributed by atoms with van der Waals surface area (Å²) in [5, 5.41) is 3.30. The molecule has 0 spiro atoms. The lowest BCUT2D eigenvalue weighted by atomic mass is 10.0. The van der Waals surface area contributed by atoms with Gasteiger partial charge in [0, 0.05) is 28.1 Å². The molecule has 146 valence electrons. The van der Waals surface area contributed by atoms with E-state index >= 15 is 0 Å². The van der Waals surface area contributed by atoms with Crippen molar-refractivity contribution in [3.63, 3.8) is 0 Å². The molecule has 2 heterocycles. The van der Waals surface area contributed by atoms with Crippen molar-refractivity contribution < 1.29 is 14.3 Å².